The summed E-state index contributed by atoms with van der Waals surface area (Å²) in [7, 11) is 1.85. The molecule has 2 aromatic rings. The monoisotopic (exact) mass is 334 g/mol. The fourth-order valence-corrected chi connectivity index (χ4v) is 2.94. The Balaban J connectivity index is 1.63. The van der Waals surface area contributed by atoms with E-state index >= 15 is 0 Å². The minimum absolute atomic E-state index is 0.0489. The van der Waals surface area contributed by atoms with Crippen LogP contribution in [0.25, 0.3) is 0 Å². The standard InChI is InChI=1S/C17H20F2N4O/c1-22-14(6-7-21-22)10-20-16-3-2-8-23(17(16)24)11-12-4-5-13(18)9-15(12)19/h4-7,9,16,20H,2-3,8,10-11H2,1H3/t16-/m1/s1. The number of aryl methyl sites for hydroxylation is 1. The lowest BCUT2D eigenvalue weighted by Gasteiger charge is -2.33. The zero-order chi connectivity index (χ0) is 17.1. The summed E-state index contributed by atoms with van der Waals surface area (Å²) in [5.41, 5.74) is 1.32. The Kier molecular flexibility index (Phi) is 4.89. The summed E-state index contributed by atoms with van der Waals surface area (Å²) < 4.78 is 28.6. The number of hydrogen-bond donors (Lipinski definition) is 1. The van der Waals surface area contributed by atoms with Crippen LogP contribution in [0.2, 0.25) is 0 Å². The maximum atomic E-state index is 13.8. The highest BCUT2D eigenvalue weighted by molar-refractivity contribution is 5.82. The molecule has 1 atom stereocenters. The van der Waals surface area contributed by atoms with Crippen molar-refractivity contribution in [2.45, 2.75) is 32.0 Å². The summed E-state index contributed by atoms with van der Waals surface area (Å²) in [6, 6.07) is 5.06. The van der Waals surface area contributed by atoms with E-state index in [2.05, 4.69) is 10.4 Å². The number of carbonyl (C=O) groups excluding carboxylic acids is 1. The fourth-order valence-electron chi connectivity index (χ4n) is 2.94. The van der Waals surface area contributed by atoms with E-state index in [9.17, 15) is 13.6 Å². The maximum Gasteiger partial charge on any atom is 0.240 e. The quantitative estimate of drug-likeness (QED) is 0.910. The average Bonchev–Trinajstić information content (AvgIpc) is 2.96. The molecule has 1 aliphatic rings. The van der Waals surface area contributed by atoms with Crippen LogP contribution in [0, 0.1) is 11.6 Å². The fraction of sp³-hybridized carbons (Fsp3) is 0.412. The van der Waals surface area contributed by atoms with Gasteiger partial charge in [0.15, 0.2) is 0 Å². The largest absolute Gasteiger partial charge is 0.337 e. The van der Waals surface area contributed by atoms with Crippen molar-refractivity contribution in [3.63, 3.8) is 0 Å². The van der Waals surface area contributed by atoms with Gasteiger partial charge in [0, 0.05) is 44.5 Å². The highest BCUT2D eigenvalue weighted by Crippen LogP contribution is 2.18. The molecule has 1 saturated heterocycles. The van der Waals surface area contributed by atoms with Crippen LogP contribution in [-0.4, -0.2) is 33.2 Å². The molecule has 0 saturated carbocycles. The molecule has 3 rings (SSSR count). The molecule has 1 N–H and O–H groups in total. The number of aromatic nitrogens is 2. The van der Waals surface area contributed by atoms with Crippen molar-refractivity contribution in [2.75, 3.05) is 6.54 Å². The first-order valence-corrected chi connectivity index (χ1v) is 7.97. The Morgan fingerprint density at radius 3 is 2.88 bits per heavy atom. The van der Waals surface area contributed by atoms with Crippen molar-refractivity contribution in [1.82, 2.24) is 20.0 Å². The van der Waals surface area contributed by atoms with Crippen molar-refractivity contribution < 1.29 is 13.6 Å². The van der Waals surface area contributed by atoms with Crippen molar-refractivity contribution in [3.8, 4) is 0 Å². The Bertz CT molecular complexity index is 731. The van der Waals surface area contributed by atoms with Crippen LogP contribution in [0.1, 0.15) is 24.1 Å². The third-order valence-corrected chi connectivity index (χ3v) is 4.36. The van der Waals surface area contributed by atoms with Crippen LogP contribution in [-0.2, 0) is 24.9 Å². The van der Waals surface area contributed by atoms with Gasteiger partial charge in [-0.1, -0.05) is 6.07 Å². The summed E-state index contributed by atoms with van der Waals surface area (Å²) in [5, 5.41) is 7.34. The van der Waals surface area contributed by atoms with Gasteiger partial charge in [0.05, 0.1) is 11.7 Å². The zero-order valence-corrected chi connectivity index (χ0v) is 13.5. The van der Waals surface area contributed by atoms with E-state index in [0.29, 0.717) is 18.7 Å². The normalized spacial score (nSPS) is 18.2. The molecule has 1 amide bonds. The minimum Gasteiger partial charge on any atom is -0.337 e. The van der Waals surface area contributed by atoms with Gasteiger partial charge in [0.1, 0.15) is 11.6 Å². The zero-order valence-electron chi connectivity index (χ0n) is 13.5. The van der Waals surface area contributed by atoms with Crippen molar-refractivity contribution in [1.29, 1.82) is 0 Å². The molecule has 0 radical (unpaired) electrons. The number of carbonyl (C=O) groups is 1. The number of piperidine rings is 1. The van der Waals surface area contributed by atoms with E-state index in [1.807, 2.05) is 13.1 Å². The first-order valence-electron chi connectivity index (χ1n) is 7.97. The smallest absolute Gasteiger partial charge is 0.240 e. The molecule has 24 heavy (non-hydrogen) atoms. The molecular weight excluding hydrogens is 314 g/mol. The molecular formula is C17H20F2N4O. The maximum absolute atomic E-state index is 13.8. The van der Waals surface area contributed by atoms with E-state index in [-0.39, 0.29) is 18.5 Å². The number of halogens is 2. The summed E-state index contributed by atoms with van der Waals surface area (Å²) in [4.78, 5) is 14.2. The van der Waals surface area contributed by atoms with Crippen LogP contribution < -0.4 is 5.32 Å². The Hall–Kier alpha value is -2.28. The highest BCUT2D eigenvalue weighted by Gasteiger charge is 2.28. The number of nitrogens with one attached hydrogen (secondary N) is 1. The first-order chi connectivity index (χ1) is 11.5. The molecule has 1 aromatic heterocycles. The van der Waals surface area contributed by atoms with E-state index in [0.717, 1.165) is 24.6 Å². The third-order valence-electron chi connectivity index (χ3n) is 4.36. The molecule has 0 bridgehead atoms. The SMILES string of the molecule is Cn1nccc1CN[C@@H]1CCCN(Cc2ccc(F)cc2F)C1=O. The molecule has 0 aliphatic carbocycles. The molecule has 128 valence electrons. The number of hydrogen-bond acceptors (Lipinski definition) is 3. The van der Waals surface area contributed by atoms with Gasteiger partial charge in [0.25, 0.3) is 0 Å². The van der Waals surface area contributed by atoms with Gasteiger partial charge in [-0.3, -0.25) is 9.48 Å². The van der Waals surface area contributed by atoms with Gasteiger partial charge in [-0.05, 0) is 25.0 Å². The van der Waals surface area contributed by atoms with Gasteiger partial charge in [0.2, 0.25) is 5.91 Å². The van der Waals surface area contributed by atoms with E-state index < -0.39 is 11.6 Å². The van der Waals surface area contributed by atoms with Gasteiger partial charge >= 0.3 is 0 Å². The van der Waals surface area contributed by atoms with Crippen molar-refractivity contribution >= 4 is 5.91 Å². The Morgan fingerprint density at radius 1 is 1.33 bits per heavy atom. The minimum atomic E-state index is -0.618. The van der Waals surface area contributed by atoms with E-state index in [1.54, 1.807) is 15.8 Å². The van der Waals surface area contributed by atoms with Gasteiger partial charge in [-0.2, -0.15) is 5.10 Å². The van der Waals surface area contributed by atoms with Gasteiger partial charge < -0.3 is 10.2 Å². The molecule has 1 aromatic carbocycles. The Labute approximate surface area is 139 Å². The second kappa shape index (κ2) is 7.09. The van der Waals surface area contributed by atoms with Crippen molar-refractivity contribution in [3.05, 3.63) is 53.4 Å². The lowest BCUT2D eigenvalue weighted by Crippen LogP contribution is -2.50. The van der Waals surface area contributed by atoms with Crippen LogP contribution in [0.4, 0.5) is 8.78 Å². The average molecular weight is 334 g/mol. The molecule has 0 unspecified atom stereocenters. The van der Waals surface area contributed by atoms with E-state index in [4.69, 9.17) is 0 Å². The number of nitrogens with zero attached hydrogens (tertiary/aromatic N) is 3. The van der Waals surface area contributed by atoms with E-state index in [1.165, 1.54) is 12.1 Å². The van der Waals surface area contributed by atoms with Gasteiger partial charge in [-0.25, -0.2) is 8.78 Å². The second-order valence-corrected chi connectivity index (χ2v) is 6.02. The van der Waals surface area contributed by atoms with Crippen LogP contribution in [0.15, 0.2) is 30.5 Å². The summed E-state index contributed by atoms with van der Waals surface area (Å²) in [5.74, 6) is -1.28. The predicted octanol–water partition coefficient (Wildman–Crippen LogP) is 1.98. The first kappa shape index (κ1) is 16.6. The summed E-state index contributed by atoms with van der Waals surface area (Å²) in [6.45, 7) is 1.29. The highest BCUT2D eigenvalue weighted by atomic mass is 19.1. The number of rotatable bonds is 5. The molecule has 7 heteroatoms. The second-order valence-electron chi connectivity index (χ2n) is 6.02. The summed E-state index contributed by atoms with van der Waals surface area (Å²) >= 11 is 0. The molecule has 1 aliphatic heterocycles. The molecule has 2 heterocycles. The number of amides is 1. The molecule has 0 spiro atoms. The topological polar surface area (TPSA) is 50.2 Å². The molecule has 1 fully saturated rings. The lowest BCUT2D eigenvalue weighted by atomic mass is 10.0. The van der Waals surface area contributed by atoms with Crippen LogP contribution in [0.5, 0.6) is 0 Å². The predicted molar refractivity (Wildman–Crippen MR) is 84.8 cm³/mol. The molecule has 5 nitrogen and oxygen atoms in total. The van der Waals surface area contributed by atoms with Crippen LogP contribution in [0.3, 0.4) is 0 Å². The van der Waals surface area contributed by atoms with Gasteiger partial charge in [-0.15, -0.1) is 0 Å². The van der Waals surface area contributed by atoms with Crippen molar-refractivity contribution in [2.24, 2.45) is 7.05 Å². The third kappa shape index (κ3) is 3.62. The lowest BCUT2D eigenvalue weighted by molar-refractivity contribution is -0.136. The van der Waals surface area contributed by atoms with Crippen LogP contribution >= 0.6 is 0 Å². The number of likely N-dealkylation sites (tertiary alicyclic amines) is 1. The number of benzene rings is 1. The Morgan fingerprint density at radius 2 is 2.17 bits per heavy atom. The summed E-state index contributed by atoms with van der Waals surface area (Å²) in [6.07, 6.45) is 3.31.